The Morgan fingerprint density at radius 2 is 1.70 bits per heavy atom. The quantitative estimate of drug-likeness (QED) is 0.405. The van der Waals surface area contributed by atoms with E-state index in [1.165, 1.54) is 38.4 Å². The van der Waals surface area contributed by atoms with Gasteiger partial charge in [0.25, 0.3) is 0 Å². The van der Waals surface area contributed by atoms with Gasteiger partial charge in [-0.2, -0.15) is 0 Å². The lowest BCUT2D eigenvalue weighted by Crippen LogP contribution is -1.97. The van der Waals surface area contributed by atoms with Crippen LogP contribution in [0.25, 0.3) is 0 Å². The molecule has 154 valence electrons. The first kappa shape index (κ1) is 27.2. The fourth-order valence-corrected chi connectivity index (χ4v) is 2.10. The second-order valence-corrected chi connectivity index (χ2v) is 6.01. The third-order valence-corrected chi connectivity index (χ3v) is 3.52. The van der Waals surface area contributed by atoms with Gasteiger partial charge in [0.15, 0.2) is 0 Å². The SMILES string of the molecule is C/C=C\CC.C=C1CCCC1.CCCC(=O)OC.CCOc1ccccc1. The molecule has 1 aliphatic rings. The Kier molecular flexibility index (Phi) is 22.2. The van der Waals surface area contributed by atoms with E-state index in [2.05, 4.69) is 30.4 Å². The molecular weight excluding hydrogens is 336 g/mol. The average Bonchev–Trinajstić information content (AvgIpc) is 3.16. The van der Waals surface area contributed by atoms with E-state index in [0.717, 1.165) is 25.2 Å². The molecule has 0 aromatic heterocycles. The van der Waals surface area contributed by atoms with Gasteiger partial charge in [-0.3, -0.25) is 4.79 Å². The van der Waals surface area contributed by atoms with Crippen LogP contribution >= 0.6 is 0 Å². The number of para-hydroxylation sites is 1. The Balaban J connectivity index is 0. The molecule has 1 aliphatic carbocycles. The van der Waals surface area contributed by atoms with Gasteiger partial charge in [0.1, 0.15) is 5.75 Å². The number of hydrogen-bond donors (Lipinski definition) is 0. The third-order valence-electron chi connectivity index (χ3n) is 3.52. The van der Waals surface area contributed by atoms with Gasteiger partial charge in [-0.05, 0) is 64.5 Å². The van der Waals surface area contributed by atoms with Crippen molar-refractivity contribution in [1.29, 1.82) is 0 Å². The van der Waals surface area contributed by atoms with Gasteiger partial charge in [0.2, 0.25) is 0 Å². The van der Waals surface area contributed by atoms with E-state index < -0.39 is 0 Å². The largest absolute Gasteiger partial charge is 0.494 e. The van der Waals surface area contributed by atoms with Crippen LogP contribution in [0.2, 0.25) is 0 Å². The Morgan fingerprint density at radius 3 is 1.96 bits per heavy atom. The predicted molar refractivity (Wildman–Crippen MR) is 117 cm³/mol. The highest BCUT2D eigenvalue weighted by molar-refractivity contribution is 5.68. The molecule has 0 spiro atoms. The van der Waals surface area contributed by atoms with Crippen molar-refractivity contribution < 1.29 is 14.3 Å². The van der Waals surface area contributed by atoms with Gasteiger partial charge in [-0.1, -0.05) is 56.4 Å². The summed E-state index contributed by atoms with van der Waals surface area (Å²) in [5.74, 6) is 0.822. The summed E-state index contributed by atoms with van der Waals surface area (Å²) in [6, 6.07) is 9.80. The zero-order valence-corrected chi connectivity index (χ0v) is 18.1. The number of ether oxygens (including phenoxy) is 2. The van der Waals surface area contributed by atoms with Crippen molar-refractivity contribution in [1.82, 2.24) is 0 Å². The number of methoxy groups -OCH3 is 1. The van der Waals surface area contributed by atoms with Crippen molar-refractivity contribution in [3.05, 3.63) is 54.6 Å². The lowest BCUT2D eigenvalue weighted by atomic mass is 10.3. The monoisotopic (exact) mass is 376 g/mol. The first-order valence-corrected chi connectivity index (χ1v) is 10.1. The maximum absolute atomic E-state index is 10.2. The zero-order chi connectivity index (χ0) is 20.8. The van der Waals surface area contributed by atoms with Gasteiger partial charge >= 0.3 is 5.97 Å². The molecule has 1 aromatic carbocycles. The third kappa shape index (κ3) is 21.9. The minimum absolute atomic E-state index is 0.123. The highest BCUT2D eigenvalue weighted by Crippen LogP contribution is 2.20. The first-order valence-electron chi connectivity index (χ1n) is 10.1. The minimum atomic E-state index is -0.123. The molecular formula is C24H40O3. The first-order chi connectivity index (χ1) is 13.0. The summed E-state index contributed by atoms with van der Waals surface area (Å²) in [6.07, 6.45) is 12.1. The highest BCUT2D eigenvalue weighted by atomic mass is 16.5. The predicted octanol–water partition coefficient (Wildman–Crippen LogP) is 7.13. The van der Waals surface area contributed by atoms with E-state index in [1.807, 2.05) is 51.1 Å². The van der Waals surface area contributed by atoms with Crippen LogP contribution in [0.3, 0.4) is 0 Å². The van der Waals surface area contributed by atoms with Crippen LogP contribution < -0.4 is 4.74 Å². The lowest BCUT2D eigenvalue weighted by Gasteiger charge is -1.99. The molecule has 3 nitrogen and oxygen atoms in total. The molecule has 0 heterocycles. The van der Waals surface area contributed by atoms with Crippen molar-refractivity contribution in [3.8, 4) is 5.75 Å². The molecule has 0 bridgehead atoms. The molecule has 0 N–H and O–H groups in total. The highest BCUT2D eigenvalue weighted by Gasteiger charge is 2.01. The number of hydrogen-bond acceptors (Lipinski definition) is 3. The second-order valence-electron chi connectivity index (χ2n) is 6.01. The van der Waals surface area contributed by atoms with Crippen LogP contribution in [0, 0.1) is 0 Å². The Labute approximate surface area is 167 Å². The van der Waals surface area contributed by atoms with Gasteiger partial charge in [-0.15, -0.1) is 0 Å². The fourth-order valence-electron chi connectivity index (χ4n) is 2.10. The number of benzene rings is 1. The zero-order valence-electron chi connectivity index (χ0n) is 18.1. The van der Waals surface area contributed by atoms with Crippen molar-refractivity contribution in [2.24, 2.45) is 0 Å². The summed E-state index contributed by atoms with van der Waals surface area (Å²) < 4.78 is 9.56. The van der Waals surface area contributed by atoms with Crippen LogP contribution in [0.1, 0.15) is 72.6 Å². The van der Waals surface area contributed by atoms with Crippen LogP contribution in [0.5, 0.6) is 5.75 Å². The van der Waals surface area contributed by atoms with Crippen LogP contribution in [0.15, 0.2) is 54.6 Å². The Morgan fingerprint density at radius 1 is 1.11 bits per heavy atom. The smallest absolute Gasteiger partial charge is 0.305 e. The van der Waals surface area contributed by atoms with Gasteiger partial charge in [-0.25, -0.2) is 0 Å². The van der Waals surface area contributed by atoms with E-state index in [1.54, 1.807) is 0 Å². The molecule has 1 fully saturated rings. The summed E-state index contributed by atoms with van der Waals surface area (Å²) in [6.45, 7) is 12.7. The number of allylic oxidation sites excluding steroid dienone is 3. The number of rotatable bonds is 5. The van der Waals surface area contributed by atoms with E-state index in [-0.39, 0.29) is 5.97 Å². The van der Waals surface area contributed by atoms with Gasteiger partial charge in [0.05, 0.1) is 13.7 Å². The van der Waals surface area contributed by atoms with Gasteiger partial charge < -0.3 is 9.47 Å². The topological polar surface area (TPSA) is 35.5 Å². The summed E-state index contributed by atoms with van der Waals surface area (Å²) >= 11 is 0. The van der Waals surface area contributed by atoms with E-state index in [9.17, 15) is 4.79 Å². The molecule has 0 amide bonds. The standard InChI is InChI=1S/C8H10O.C6H10.C5H10O2.C5H10/c1-2-9-8-6-4-3-5-7-8;1-6-4-2-3-5-6;1-3-4-5(6)7-2;1-3-5-4-2/h3-7H,2H2,1H3;1-5H2;3-4H2,1-2H3;3,5H,4H2,1-2H3/b;;;5-3-. The summed E-state index contributed by atoms with van der Waals surface area (Å²) in [5.41, 5.74) is 1.45. The van der Waals surface area contributed by atoms with Crippen LogP contribution in [0.4, 0.5) is 0 Å². The van der Waals surface area contributed by atoms with Crippen LogP contribution in [-0.2, 0) is 9.53 Å². The molecule has 1 aromatic rings. The number of carbonyl (C=O) groups excluding carboxylic acids is 1. The van der Waals surface area contributed by atoms with Crippen LogP contribution in [-0.4, -0.2) is 19.7 Å². The van der Waals surface area contributed by atoms with Crippen molar-refractivity contribution in [2.75, 3.05) is 13.7 Å². The molecule has 0 unspecified atom stereocenters. The molecule has 0 atom stereocenters. The minimum Gasteiger partial charge on any atom is -0.494 e. The summed E-state index contributed by atoms with van der Waals surface area (Å²) in [7, 11) is 1.40. The Bertz CT molecular complexity index is 470. The van der Waals surface area contributed by atoms with Gasteiger partial charge in [0, 0.05) is 6.42 Å². The fraction of sp³-hybridized carbons (Fsp3) is 0.542. The number of esters is 1. The number of carbonyl (C=O) groups is 1. The molecule has 0 saturated heterocycles. The molecule has 0 aliphatic heterocycles. The molecule has 3 heteroatoms. The molecule has 27 heavy (non-hydrogen) atoms. The Hall–Kier alpha value is -2.03. The van der Waals surface area contributed by atoms with Crippen molar-refractivity contribution in [2.45, 2.75) is 72.6 Å². The average molecular weight is 377 g/mol. The summed E-state index contributed by atoms with van der Waals surface area (Å²) in [5, 5.41) is 0. The normalized spacial score (nSPS) is 12.0. The molecule has 2 rings (SSSR count). The summed E-state index contributed by atoms with van der Waals surface area (Å²) in [4.78, 5) is 10.2. The second kappa shape index (κ2) is 22.0. The van der Waals surface area contributed by atoms with Crippen molar-refractivity contribution >= 4 is 5.97 Å². The lowest BCUT2D eigenvalue weighted by molar-refractivity contribution is -0.140. The molecule has 1 saturated carbocycles. The van der Waals surface area contributed by atoms with E-state index in [0.29, 0.717) is 6.42 Å². The van der Waals surface area contributed by atoms with Crippen molar-refractivity contribution in [3.63, 3.8) is 0 Å². The molecule has 0 radical (unpaired) electrons. The maximum atomic E-state index is 10.2. The maximum Gasteiger partial charge on any atom is 0.305 e. The van der Waals surface area contributed by atoms with E-state index in [4.69, 9.17) is 4.74 Å². The van der Waals surface area contributed by atoms with E-state index >= 15 is 0 Å².